The van der Waals surface area contributed by atoms with E-state index >= 15 is 0 Å². The summed E-state index contributed by atoms with van der Waals surface area (Å²) in [5.41, 5.74) is 2.46. The number of carbonyl (C=O) groups is 1. The van der Waals surface area contributed by atoms with E-state index in [1.54, 1.807) is 0 Å². The zero-order valence-electron chi connectivity index (χ0n) is 17.0. The number of benzene rings is 1. The summed E-state index contributed by atoms with van der Waals surface area (Å²) in [6.45, 7) is 8.00. The van der Waals surface area contributed by atoms with Crippen molar-refractivity contribution in [2.45, 2.75) is 38.7 Å². The molecule has 1 aliphatic heterocycles. The Morgan fingerprint density at radius 1 is 1.04 bits per heavy atom. The molecule has 1 fully saturated rings. The second-order valence-electron chi connectivity index (χ2n) is 8.25. The van der Waals surface area contributed by atoms with Crippen LogP contribution < -0.4 is 0 Å². The molecule has 1 aromatic carbocycles. The topological polar surface area (TPSA) is 56.7 Å². The highest BCUT2D eigenvalue weighted by atomic mass is 16.3. The van der Waals surface area contributed by atoms with Crippen LogP contribution in [0.15, 0.2) is 48.8 Å². The largest absolute Gasteiger partial charge is 0.390 e. The van der Waals surface area contributed by atoms with Crippen LogP contribution in [0.3, 0.4) is 0 Å². The maximum Gasteiger partial charge on any atom is 0.253 e. The number of hydrogen-bond acceptors (Lipinski definition) is 4. The fourth-order valence-corrected chi connectivity index (χ4v) is 3.50. The predicted octanol–water partition coefficient (Wildman–Crippen LogP) is 2.79. The summed E-state index contributed by atoms with van der Waals surface area (Å²) in [7, 11) is 0. The van der Waals surface area contributed by atoms with Gasteiger partial charge < -0.3 is 10.0 Å². The number of rotatable bonds is 7. The van der Waals surface area contributed by atoms with Crippen molar-refractivity contribution in [2.24, 2.45) is 0 Å². The molecule has 0 atom stereocenters. The lowest BCUT2D eigenvalue weighted by Gasteiger charge is -2.34. The first kappa shape index (κ1) is 20.5. The summed E-state index contributed by atoms with van der Waals surface area (Å²) in [5.74, 6) is 0.110. The van der Waals surface area contributed by atoms with E-state index in [2.05, 4.69) is 22.0 Å². The van der Waals surface area contributed by atoms with Crippen LogP contribution >= 0.6 is 0 Å². The van der Waals surface area contributed by atoms with Gasteiger partial charge in [0.05, 0.1) is 5.60 Å². The molecule has 1 aliphatic rings. The van der Waals surface area contributed by atoms with Crippen molar-refractivity contribution in [3.63, 3.8) is 0 Å². The molecule has 28 heavy (non-hydrogen) atoms. The van der Waals surface area contributed by atoms with Gasteiger partial charge in [-0.25, -0.2) is 0 Å². The van der Waals surface area contributed by atoms with E-state index in [-0.39, 0.29) is 5.91 Å². The van der Waals surface area contributed by atoms with E-state index in [1.165, 1.54) is 5.56 Å². The molecule has 0 unspecified atom stereocenters. The molecular formula is C23H31N3O2. The van der Waals surface area contributed by atoms with Gasteiger partial charge in [-0.05, 0) is 68.5 Å². The lowest BCUT2D eigenvalue weighted by molar-refractivity contribution is 0.0638. The van der Waals surface area contributed by atoms with Crippen LogP contribution in [-0.2, 0) is 12.8 Å². The zero-order chi connectivity index (χ0) is 20.0. The SMILES string of the molecule is CC(C)(O)CCc1cccc(C(=O)N2CCN(CCc3ccncc3)CC2)c1. The zero-order valence-corrected chi connectivity index (χ0v) is 17.0. The number of piperazine rings is 1. The van der Waals surface area contributed by atoms with Crippen LogP contribution in [0.25, 0.3) is 0 Å². The van der Waals surface area contributed by atoms with Crippen LogP contribution in [0.2, 0.25) is 0 Å². The lowest BCUT2D eigenvalue weighted by Crippen LogP contribution is -2.49. The van der Waals surface area contributed by atoms with E-state index in [4.69, 9.17) is 0 Å². The molecule has 0 aliphatic carbocycles. The molecule has 0 bridgehead atoms. The molecule has 3 rings (SSSR count). The van der Waals surface area contributed by atoms with Crippen molar-refractivity contribution in [2.75, 3.05) is 32.7 Å². The number of nitrogens with zero attached hydrogens (tertiary/aromatic N) is 3. The highest BCUT2D eigenvalue weighted by Crippen LogP contribution is 2.16. The maximum absolute atomic E-state index is 12.9. The number of carbonyl (C=O) groups excluding carboxylic acids is 1. The van der Waals surface area contributed by atoms with Crippen LogP contribution in [-0.4, -0.2) is 64.1 Å². The van der Waals surface area contributed by atoms with Gasteiger partial charge in [-0.15, -0.1) is 0 Å². The summed E-state index contributed by atoms with van der Waals surface area (Å²) in [6, 6.07) is 12.0. The van der Waals surface area contributed by atoms with Crippen LogP contribution in [0.4, 0.5) is 0 Å². The standard InChI is InChI=1S/C23H31N3O2/c1-23(2,28)10-6-20-4-3-5-21(18-20)22(27)26-16-14-25(15-17-26)13-9-19-7-11-24-12-8-19/h3-5,7-8,11-12,18,28H,6,9-10,13-17H2,1-2H3. The molecule has 2 aromatic rings. The summed E-state index contributed by atoms with van der Waals surface area (Å²) in [6.07, 6.45) is 6.14. The minimum Gasteiger partial charge on any atom is -0.390 e. The van der Waals surface area contributed by atoms with Crippen LogP contribution in [0.5, 0.6) is 0 Å². The van der Waals surface area contributed by atoms with E-state index in [9.17, 15) is 9.90 Å². The molecule has 1 saturated heterocycles. The average molecular weight is 382 g/mol. The number of aromatic nitrogens is 1. The minimum absolute atomic E-state index is 0.110. The fraction of sp³-hybridized carbons (Fsp3) is 0.478. The van der Waals surface area contributed by atoms with E-state index in [0.29, 0.717) is 6.42 Å². The van der Waals surface area contributed by atoms with E-state index in [0.717, 1.165) is 56.7 Å². The maximum atomic E-state index is 12.9. The van der Waals surface area contributed by atoms with Gasteiger partial charge in [0, 0.05) is 50.7 Å². The molecule has 1 N–H and O–H groups in total. The molecule has 0 radical (unpaired) electrons. The Morgan fingerprint density at radius 3 is 2.43 bits per heavy atom. The van der Waals surface area contributed by atoms with Crippen molar-refractivity contribution >= 4 is 5.91 Å². The highest BCUT2D eigenvalue weighted by molar-refractivity contribution is 5.94. The Hall–Kier alpha value is -2.24. The van der Waals surface area contributed by atoms with Gasteiger partial charge in [-0.2, -0.15) is 0 Å². The van der Waals surface area contributed by atoms with E-state index < -0.39 is 5.60 Å². The Labute approximate surface area is 168 Å². The summed E-state index contributed by atoms with van der Waals surface area (Å²) in [5, 5.41) is 9.92. The van der Waals surface area contributed by atoms with E-state index in [1.807, 2.05) is 55.4 Å². The quantitative estimate of drug-likeness (QED) is 0.801. The van der Waals surface area contributed by atoms with Gasteiger partial charge in [-0.3, -0.25) is 14.7 Å². The molecule has 0 spiro atoms. The number of aliphatic hydroxyl groups is 1. The molecule has 1 amide bonds. The first-order valence-electron chi connectivity index (χ1n) is 10.1. The van der Waals surface area contributed by atoms with Gasteiger partial charge >= 0.3 is 0 Å². The minimum atomic E-state index is -0.688. The fourth-order valence-electron chi connectivity index (χ4n) is 3.50. The average Bonchev–Trinajstić information content (AvgIpc) is 2.71. The number of hydrogen-bond donors (Lipinski definition) is 1. The molecule has 5 heteroatoms. The first-order valence-corrected chi connectivity index (χ1v) is 10.1. The van der Waals surface area contributed by atoms with Crippen molar-refractivity contribution < 1.29 is 9.90 Å². The molecule has 150 valence electrons. The van der Waals surface area contributed by atoms with Gasteiger partial charge in [0.15, 0.2) is 0 Å². The van der Waals surface area contributed by atoms with Crippen molar-refractivity contribution in [3.8, 4) is 0 Å². The van der Waals surface area contributed by atoms with Gasteiger partial charge in [0.1, 0.15) is 0 Å². The van der Waals surface area contributed by atoms with Crippen LogP contribution in [0, 0.1) is 0 Å². The summed E-state index contributed by atoms with van der Waals surface area (Å²) >= 11 is 0. The third kappa shape index (κ3) is 6.14. The Morgan fingerprint density at radius 2 is 1.75 bits per heavy atom. The van der Waals surface area contributed by atoms with Crippen molar-refractivity contribution in [3.05, 3.63) is 65.5 Å². The number of amides is 1. The number of aryl methyl sites for hydroxylation is 1. The molecule has 1 aromatic heterocycles. The molecule has 2 heterocycles. The van der Waals surface area contributed by atoms with Crippen molar-refractivity contribution in [1.82, 2.24) is 14.8 Å². The molecular weight excluding hydrogens is 350 g/mol. The summed E-state index contributed by atoms with van der Waals surface area (Å²) in [4.78, 5) is 21.3. The Bertz CT molecular complexity index is 763. The van der Waals surface area contributed by atoms with Crippen molar-refractivity contribution in [1.29, 1.82) is 0 Å². The first-order chi connectivity index (χ1) is 13.4. The molecule has 5 nitrogen and oxygen atoms in total. The third-order valence-electron chi connectivity index (χ3n) is 5.32. The number of pyridine rings is 1. The van der Waals surface area contributed by atoms with Crippen LogP contribution in [0.1, 0.15) is 41.8 Å². The smallest absolute Gasteiger partial charge is 0.253 e. The van der Waals surface area contributed by atoms with Gasteiger partial charge in [0.25, 0.3) is 5.91 Å². The monoisotopic (exact) mass is 381 g/mol. The summed E-state index contributed by atoms with van der Waals surface area (Å²) < 4.78 is 0. The second-order valence-corrected chi connectivity index (χ2v) is 8.25. The Kier molecular flexibility index (Phi) is 6.81. The normalized spacial score (nSPS) is 15.6. The van der Waals surface area contributed by atoms with Gasteiger partial charge in [0.2, 0.25) is 0 Å². The third-order valence-corrected chi connectivity index (χ3v) is 5.32. The predicted molar refractivity (Wildman–Crippen MR) is 111 cm³/mol. The second kappa shape index (κ2) is 9.30. The lowest BCUT2D eigenvalue weighted by atomic mass is 9.97. The highest BCUT2D eigenvalue weighted by Gasteiger charge is 2.22. The van der Waals surface area contributed by atoms with Gasteiger partial charge in [-0.1, -0.05) is 12.1 Å². The Balaban J connectivity index is 1.49. The molecule has 0 saturated carbocycles.